The zero-order valence-electron chi connectivity index (χ0n) is 17.1. The molecule has 0 spiro atoms. The second kappa shape index (κ2) is 7.37. The van der Waals surface area contributed by atoms with E-state index in [1.54, 1.807) is 28.6 Å². The van der Waals surface area contributed by atoms with Crippen LogP contribution in [0.3, 0.4) is 0 Å². The van der Waals surface area contributed by atoms with Gasteiger partial charge in [0, 0.05) is 44.5 Å². The fourth-order valence-electron chi connectivity index (χ4n) is 3.98. The fourth-order valence-corrected chi connectivity index (χ4v) is 3.98. The van der Waals surface area contributed by atoms with Crippen LogP contribution in [-0.2, 0) is 13.5 Å². The van der Waals surface area contributed by atoms with E-state index < -0.39 is 0 Å². The van der Waals surface area contributed by atoms with Crippen molar-refractivity contribution in [3.63, 3.8) is 0 Å². The third kappa shape index (κ3) is 3.34. The Balaban J connectivity index is 1.43. The van der Waals surface area contributed by atoms with Crippen LogP contribution >= 0.6 is 0 Å². The van der Waals surface area contributed by atoms with E-state index in [1.165, 1.54) is 12.8 Å². The van der Waals surface area contributed by atoms with Gasteiger partial charge in [0.2, 0.25) is 5.95 Å². The number of carbonyl (C=O) groups is 1. The lowest BCUT2D eigenvalue weighted by atomic mass is 10.0. The highest BCUT2D eigenvalue weighted by atomic mass is 16.1. The molecule has 0 N–H and O–H groups in total. The minimum atomic E-state index is -0.00284. The highest BCUT2D eigenvalue weighted by Gasteiger charge is 2.21. The van der Waals surface area contributed by atoms with Gasteiger partial charge in [-0.1, -0.05) is 0 Å². The van der Waals surface area contributed by atoms with Crippen LogP contribution in [0.4, 0.5) is 5.95 Å². The van der Waals surface area contributed by atoms with Gasteiger partial charge in [-0.2, -0.15) is 10.1 Å². The summed E-state index contributed by atoms with van der Waals surface area (Å²) in [6, 6.07) is 7.77. The summed E-state index contributed by atoms with van der Waals surface area (Å²) in [5, 5.41) is 8.87. The van der Waals surface area contributed by atoms with Crippen LogP contribution in [0.1, 0.15) is 34.5 Å². The quantitative estimate of drug-likeness (QED) is 0.479. The molecule has 152 valence electrons. The number of hydrogen-bond donors (Lipinski definition) is 0. The third-order valence-corrected chi connectivity index (χ3v) is 5.54. The molecule has 8 heteroatoms. The minimum Gasteiger partial charge on any atom is -0.340 e. The molecule has 0 saturated carbocycles. The summed E-state index contributed by atoms with van der Waals surface area (Å²) in [6.45, 7) is 4.00. The lowest BCUT2D eigenvalue weighted by molar-refractivity contribution is 0.0984. The molecule has 0 radical (unpaired) electrons. The number of aryl methyl sites for hydroxylation is 2. The summed E-state index contributed by atoms with van der Waals surface area (Å²) in [6.07, 6.45) is 7.95. The first kappa shape index (κ1) is 18.5. The molecule has 0 aliphatic carbocycles. The van der Waals surface area contributed by atoms with Gasteiger partial charge in [0.25, 0.3) is 0 Å². The Labute approximate surface area is 174 Å². The van der Waals surface area contributed by atoms with Gasteiger partial charge in [0.05, 0.1) is 11.9 Å². The summed E-state index contributed by atoms with van der Waals surface area (Å²) >= 11 is 0. The Morgan fingerprint density at radius 2 is 2.00 bits per heavy atom. The molecule has 0 amide bonds. The summed E-state index contributed by atoms with van der Waals surface area (Å²) in [4.78, 5) is 24.5. The smallest absolute Gasteiger partial charge is 0.245 e. The molecule has 30 heavy (non-hydrogen) atoms. The maximum atomic E-state index is 13.2. The Kier molecular flexibility index (Phi) is 4.54. The molecular weight excluding hydrogens is 378 g/mol. The van der Waals surface area contributed by atoms with Crippen molar-refractivity contribution in [3.8, 4) is 11.3 Å². The molecule has 0 aromatic carbocycles. The summed E-state index contributed by atoms with van der Waals surface area (Å²) < 4.78 is 3.40. The third-order valence-electron chi connectivity index (χ3n) is 5.54. The molecule has 1 saturated heterocycles. The number of rotatable bonds is 5. The first-order chi connectivity index (χ1) is 14.6. The second-order valence-corrected chi connectivity index (χ2v) is 7.79. The molecule has 0 atom stereocenters. The number of Topliss-reactive ketones (excluding diaryl/α,β-unsaturated/α-hetero) is 1. The van der Waals surface area contributed by atoms with Crippen molar-refractivity contribution >= 4 is 17.4 Å². The van der Waals surface area contributed by atoms with E-state index in [0.29, 0.717) is 5.69 Å². The average Bonchev–Trinajstić information content (AvgIpc) is 3.46. The van der Waals surface area contributed by atoms with Crippen molar-refractivity contribution < 1.29 is 4.79 Å². The van der Waals surface area contributed by atoms with Crippen LogP contribution in [0, 0.1) is 6.92 Å². The van der Waals surface area contributed by atoms with Crippen LogP contribution in [0.5, 0.6) is 0 Å². The second-order valence-electron chi connectivity index (χ2n) is 7.79. The molecule has 5 heterocycles. The van der Waals surface area contributed by atoms with Gasteiger partial charge in [0.1, 0.15) is 5.69 Å². The monoisotopic (exact) mass is 401 g/mol. The SMILES string of the molecule is Cc1ccnc(-c2cnn(C)c2C(=O)Cc2ccn3nc(N4CCCC4)nc3c2)c1. The number of pyridine rings is 2. The molecule has 1 fully saturated rings. The Bertz CT molecular complexity index is 1230. The van der Waals surface area contributed by atoms with Crippen LogP contribution in [-0.4, -0.2) is 48.2 Å². The number of hydrogen-bond acceptors (Lipinski definition) is 6. The number of anilines is 1. The first-order valence-electron chi connectivity index (χ1n) is 10.2. The van der Waals surface area contributed by atoms with Gasteiger partial charge in [-0.25, -0.2) is 4.52 Å². The first-order valence-corrected chi connectivity index (χ1v) is 10.2. The Hall–Kier alpha value is -3.55. The molecule has 8 nitrogen and oxygen atoms in total. The van der Waals surface area contributed by atoms with E-state index in [4.69, 9.17) is 0 Å². The summed E-state index contributed by atoms with van der Waals surface area (Å²) in [5.41, 5.74) is 4.83. The van der Waals surface area contributed by atoms with Gasteiger partial charge >= 0.3 is 0 Å². The van der Waals surface area contributed by atoms with E-state index in [1.807, 2.05) is 37.4 Å². The molecule has 5 rings (SSSR count). The highest BCUT2D eigenvalue weighted by molar-refractivity contribution is 6.01. The van der Waals surface area contributed by atoms with Gasteiger partial charge in [-0.3, -0.25) is 14.5 Å². The number of ketones is 1. The van der Waals surface area contributed by atoms with Gasteiger partial charge < -0.3 is 4.90 Å². The van der Waals surface area contributed by atoms with E-state index in [0.717, 1.165) is 47.1 Å². The average molecular weight is 401 g/mol. The standard InChI is InChI=1S/C22H23N7O/c1-15-5-7-23-18(11-15)17-14-24-27(2)21(17)19(30)12-16-6-10-29-20(13-16)25-22(26-29)28-8-3-4-9-28/h5-7,10-11,13-14H,3-4,8-9,12H2,1-2H3. The van der Waals surface area contributed by atoms with Crippen molar-refractivity contribution in [2.75, 3.05) is 18.0 Å². The topological polar surface area (TPSA) is 81.2 Å². The number of nitrogens with zero attached hydrogens (tertiary/aromatic N) is 7. The van der Waals surface area contributed by atoms with Gasteiger partial charge in [-0.05, 0) is 55.2 Å². The molecule has 1 aliphatic rings. The van der Waals surface area contributed by atoms with Gasteiger partial charge in [-0.15, -0.1) is 5.10 Å². The van der Waals surface area contributed by atoms with Crippen molar-refractivity contribution in [1.29, 1.82) is 0 Å². The van der Waals surface area contributed by atoms with Crippen molar-refractivity contribution in [2.24, 2.45) is 7.05 Å². The van der Waals surface area contributed by atoms with Crippen LogP contribution in [0.25, 0.3) is 16.9 Å². The van der Waals surface area contributed by atoms with Crippen molar-refractivity contribution in [1.82, 2.24) is 29.4 Å². The van der Waals surface area contributed by atoms with E-state index >= 15 is 0 Å². The zero-order chi connectivity index (χ0) is 20.7. The van der Waals surface area contributed by atoms with Gasteiger partial charge in [0.15, 0.2) is 11.4 Å². The highest BCUT2D eigenvalue weighted by Crippen LogP contribution is 2.24. The number of carbonyl (C=O) groups excluding carboxylic acids is 1. The van der Waals surface area contributed by atoms with Crippen molar-refractivity contribution in [2.45, 2.75) is 26.2 Å². The maximum absolute atomic E-state index is 13.2. The number of aromatic nitrogens is 6. The summed E-state index contributed by atoms with van der Waals surface area (Å²) in [7, 11) is 1.79. The predicted molar refractivity (Wildman–Crippen MR) is 114 cm³/mol. The van der Waals surface area contributed by atoms with E-state index in [-0.39, 0.29) is 12.2 Å². The maximum Gasteiger partial charge on any atom is 0.245 e. The van der Waals surface area contributed by atoms with E-state index in [2.05, 4.69) is 25.1 Å². The number of fused-ring (bicyclic) bond motifs is 1. The summed E-state index contributed by atoms with van der Waals surface area (Å²) in [5.74, 6) is 0.757. The fraction of sp³-hybridized carbons (Fsp3) is 0.318. The lowest BCUT2D eigenvalue weighted by Crippen LogP contribution is -2.19. The van der Waals surface area contributed by atoms with Crippen LogP contribution in [0.2, 0.25) is 0 Å². The lowest BCUT2D eigenvalue weighted by Gasteiger charge is -2.10. The van der Waals surface area contributed by atoms with Crippen LogP contribution < -0.4 is 4.90 Å². The Morgan fingerprint density at radius 1 is 1.17 bits per heavy atom. The molecule has 0 unspecified atom stereocenters. The normalized spacial score (nSPS) is 14.0. The van der Waals surface area contributed by atoms with Crippen molar-refractivity contribution in [3.05, 3.63) is 59.7 Å². The molecule has 4 aromatic rings. The molecule has 0 bridgehead atoms. The zero-order valence-corrected chi connectivity index (χ0v) is 17.1. The molecule has 1 aliphatic heterocycles. The largest absolute Gasteiger partial charge is 0.340 e. The molecule has 4 aromatic heterocycles. The molecular formula is C22H23N7O. The van der Waals surface area contributed by atoms with Crippen LogP contribution in [0.15, 0.2) is 42.9 Å². The minimum absolute atomic E-state index is 0.00284. The Morgan fingerprint density at radius 3 is 2.80 bits per heavy atom. The van der Waals surface area contributed by atoms with E-state index in [9.17, 15) is 4.79 Å². The predicted octanol–water partition coefficient (Wildman–Crippen LogP) is 2.86.